The second kappa shape index (κ2) is 6.75. The molecule has 24 heavy (non-hydrogen) atoms. The number of hydrogen-bond donors (Lipinski definition) is 2. The van der Waals surface area contributed by atoms with Crippen LogP contribution in [-0.2, 0) is 12.0 Å². The van der Waals surface area contributed by atoms with Crippen LogP contribution in [-0.4, -0.2) is 48.1 Å². The van der Waals surface area contributed by atoms with Gasteiger partial charge in [-0.25, -0.2) is 4.98 Å². The van der Waals surface area contributed by atoms with Crippen LogP contribution >= 0.6 is 0 Å². The van der Waals surface area contributed by atoms with Crippen LogP contribution in [0.4, 0.5) is 0 Å². The summed E-state index contributed by atoms with van der Waals surface area (Å²) in [6.45, 7) is 11.5. The maximum atomic E-state index is 5.83. The standard InChI is InChI=1S/C18H31N5O/c1-12-10-23(13-6-7-13)11-14(12)22-17(19-5)21-9-16-20-8-15(24-16)18(2,3)4/h8,12-14H,6-7,9-11H2,1-5H3,(H2,19,21,22). The maximum absolute atomic E-state index is 5.83. The van der Waals surface area contributed by atoms with Gasteiger partial charge in [-0.3, -0.25) is 9.89 Å². The highest BCUT2D eigenvalue weighted by Gasteiger charge is 2.38. The molecule has 6 nitrogen and oxygen atoms in total. The molecule has 1 aromatic heterocycles. The quantitative estimate of drug-likeness (QED) is 0.653. The van der Waals surface area contributed by atoms with Gasteiger partial charge in [-0.15, -0.1) is 0 Å². The van der Waals surface area contributed by atoms with E-state index in [2.05, 4.69) is 53.2 Å². The van der Waals surface area contributed by atoms with Crippen molar-refractivity contribution in [2.24, 2.45) is 10.9 Å². The fourth-order valence-electron chi connectivity index (χ4n) is 3.20. The molecule has 134 valence electrons. The van der Waals surface area contributed by atoms with Gasteiger partial charge in [0.05, 0.1) is 12.7 Å². The number of rotatable bonds is 4. The number of aliphatic imine (C=N–C) groups is 1. The van der Waals surface area contributed by atoms with Gasteiger partial charge in [0.15, 0.2) is 5.96 Å². The summed E-state index contributed by atoms with van der Waals surface area (Å²) in [4.78, 5) is 11.3. The highest BCUT2D eigenvalue weighted by Crippen LogP contribution is 2.31. The Morgan fingerprint density at radius 2 is 2.12 bits per heavy atom. The zero-order valence-electron chi connectivity index (χ0n) is 15.6. The van der Waals surface area contributed by atoms with Crippen molar-refractivity contribution < 1.29 is 4.42 Å². The van der Waals surface area contributed by atoms with Crippen molar-refractivity contribution in [3.05, 3.63) is 17.8 Å². The predicted octanol–water partition coefficient (Wildman–Crippen LogP) is 2.12. The fraction of sp³-hybridized carbons (Fsp3) is 0.778. The van der Waals surface area contributed by atoms with Gasteiger partial charge in [0.2, 0.25) is 5.89 Å². The highest BCUT2D eigenvalue weighted by atomic mass is 16.4. The molecule has 2 aliphatic rings. The molecule has 1 aromatic rings. The maximum Gasteiger partial charge on any atom is 0.213 e. The molecule has 1 aliphatic carbocycles. The van der Waals surface area contributed by atoms with E-state index in [1.807, 2.05) is 13.2 Å². The molecule has 3 rings (SSSR count). The fourth-order valence-corrected chi connectivity index (χ4v) is 3.20. The molecular formula is C18H31N5O. The molecule has 1 saturated carbocycles. The molecule has 6 heteroatoms. The molecule has 1 aliphatic heterocycles. The summed E-state index contributed by atoms with van der Waals surface area (Å²) in [5.74, 6) is 3.06. The van der Waals surface area contributed by atoms with Crippen LogP contribution in [0.25, 0.3) is 0 Å². The summed E-state index contributed by atoms with van der Waals surface area (Å²) in [5, 5.41) is 6.88. The van der Waals surface area contributed by atoms with Crippen molar-refractivity contribution in [3.63, 3.8) is 0 Å². The van der Waals surface area contributed by atoms with Gasteiger partial charge >= 0.3 is 0 Å². The Bertz CT molecular complexity index is 584. The first-order valence-electron chi connectivity index (χ1n) is 9.03. The van der Waals surface area contributed by atoms with E-state index in [1.54, 1.807) is 0 Å². The number of nitrogens with zero attached hydrogens (tertiary/aromatic N) is 3. The number of aromatic nitrogens is 1. The van der Waals surface area contributed by atoms with Crippen LogP contribution < -0.4 is 10.6 Å². The average molecular weight is 333 g/mol. The Hall–Kier alpha value is -1.56. The van der Waals surface area contributed by atoms with Crippen LogP contribution in [0.1, 0.15) is 52.2 Å². The van der Waals surface area contributed by atoms with E-state index in [1.165, 1.54) is 19.4 Å². The molecule has 0 spiro atoms. The second-order valence-electron chi connectivity index (χ2n) is 8.21. The first-order chi connectivity index (χ1) is 11.4. The molecule has 2 heterocycles. The molecule has 0 aromatic carbocycles. The van der Waals surface area contributed by atoms with Crippen molar-refractivity contribution in [1.29, 1.82) is 0 Å². The lowest BCUT2D eigenvalue weighted by Crippen LogP contribution is -2.46. The lowest BCUT2D eigenvalue weighted by Gasteiger charge is -2.20. The third-order valence-corrected chi connectivity index (χ3v) is 4.95. The van der Waals surface area contributed by atoms with Crippen molar-refractivity contribution in [1.82, 2.24) is 20.5 Å². The van der Waals surface area contributed by atoms with Gasteiger partial charge in [-0.05, 0) is 18.8 Å². The monoisotopic (exact) mass is 333 g/mol. The minimum absolute atomic E-state index is 0.0171. The molecule has 0 radical (unpaired) electrons. The molecular weight excluding hydrogens is 302 g/mol. The van der Waals surface area contributed by atoms with Crippen molar-refractivity contribution in [2.45, 2.75) is 64.6 Å². The summed E-state index contributed by atoms with van der Waals surface area (Å²) in [6, 6.07) is 1.28. The first-order valence-corrected chi connectivity index (χ1v) is 9.03. The number of nitrogens with one attached hydrogen (secondary N) is 2. The van der Waals surface area contributed by atoms with E-state index >= 15 is 0 Å². The zero-order chi connectivity index (χ0) is 17.3. The Balaban J connectivity index is 1.51. The van der Waals surface area contributed by atoms with Crippen LogP contribution in [0.15, 0.2) is 15.6 Å². The summed E-state index contributed by atoms with van der Waals surface area (Å²) in [5.41, 5.74) is -0.0171. The number of likely N-dealkylation sites (tertiary alicyclic amines) is 1. The SMILES string of the molecule is CN=C(NCc1ncc(C(C)(C)C)o1)NC1CN(C2CC2)CC1C. The molecule has 1 saturated heterocycles. The second-order valence-corrected chi connectivity index (χ2v) is 8.21. The summed E-state index contributed by atoms with van der Waals surface area (Å²) in [7, 11) is 1.81. The predicted molar refractivity (Wildman–Crippen MR) is 96.1 cm³/mol. The average Bonchev–Trinajstić information content (AvgIpc) is 3.14. The third kappa shape index (κ3) is 4.09. The van der Waals surface area contributed by atoms with Gasteiger partial charge in [0.25, 0.3) is 0 Å². The zero-order valence-corrected chi connectivity index (χ0v) is 15.6. The Labute approximate surface area is 145 Å². The van der Waals surface area contributed by atoms with E-state index in [9.17, 15) is 0 Å². The van der Waals surface area contributed by atoms with Crippen molar-refractivity contribution >= 4 is 5.96 Å². The smallest absolute Gasteiger partial charge is 0.213 e. The van der Waals surface area contributed by atoms with E-state index in [4.69, 9.17) is 4.42 Å². The van der Waals surface area contributed by atoms with Crippen LogP contribution in [0, 0.1) is 5.92 Å². The van der Waals surface area contributed by atoms with Crippen LogP contribution in [0.3, 0.4) is 0 Å². The van der Waals surface area contributed by atoms with Gasteiger partial charge in [0, 0.05) is 37.6 Å². The Morgan fingerprint density at radius 1 is 1.38 bits per heavy atom. The molecule has 2 atom stereocenters. The third-order valence-electron chi connectivity index (χ3n) is 4.95. The topological polar surface area (TPSA) is 65.7 Å². The van der Waals surface area contributed by atoms with Crippen molar-refractivity contribution in [3.8, 4) is 0 Å². The van der Waals surface area contributed by atoms with Gasteiger partial charge in [-0.1, -0.05) is 27.7 Å². The number of hydrogen-bond acceptors (Lipinski definition) is 4. The van der Waals surface area contributed by atoms with Gasteiger partial charge in [0.1, 0.15) is 5.76 Å². The number of oxazole rings is 1. The molecule has 0 amide bonds. The minimum atomic E-state index is -0.0171. The summed E-state index contributed by atoms with van der Waals surface area (Å²) >= 11 is 0. The van der Waals surface area contributed by atoms with E-state index in [-0.39, 0.29) is 5.41 Å². The molecule has 2 fully saturated rings. The summed E-state index contributed by atoms with van der Waals surface area (Å²) < 4.78 is 5.83. The van der Waals surface area contributed by atoms with Crippen molar-refractivity contribution in [2.75, 3.05) is 20.1 Å². The molecule has 0 bridgehead atoms. The van der Waals surface area contributed by atoms with E-state index < -0.39 is 0 Å². The summed E-state index contributed by atoms with van der Waals surface area (Å²) in [6.07, 6.45) is 4.55. The van der Waals surface area contributed by atoms with Crippen LogP contribution in [0.5, 0.6) is 0 Å². The van der Waals surface area contributed by atoms with Crippen LogP contribution in [0.2, 0.25) is 0 Å². The van der Waals surface area contributed by atoms with Gasteiger partial charge < -0.3 is 15.1 Å². The minimum Gasteiger partial charge on any atom is -0.443 e. The number of guanidine groups is 1. The first kappa shape index (κ1) is 17.3. The highest BCUT2D eigenvalue weighted by molar-refractivity contribution is 5.79. The Morgan fingerprint density at radius 3 is 2.71 bits per heavy atom. The normalized spacial score (nSPS) is 26.0. The lowest BCUT2D eigenvalue weighted by atomic mass is 9.94. The van der Waals surface area contributed by atoms with E-state index in [0.717, 1.165) is 24.3 Å². The largest absolute Gasteiger partial charge is 0.443 e. The lowest BCUT2D eigenvalue weighted by molar-refractivity contribution is 0.315. The van der Waals surface area contributed by atoms with E-state index in [0.29, 0.717) is 24.4 Å². The molecule has 2 N–H and O–H groups in total. The van der Waals surface area contributed by atoms with Gasteiger partial charge in [-0.2, -0.15) is 0 Å². The Kier molecular flexibility index (Phi) is 4.85. The molecule has 2 unspecified atom stereocenters.